The lowest BCUT2D eigenvalue weighted by Gasteiger charge is -2.20. The highest BCUT2D eigenvalue weighted by molar-refractivity contribution is 7.98. The second kappa shape index (κ2) is 2.94. The second-order valence-electron chi connectivity index (χ2n) is 3.14. The number of hydrazine groups is 1. The van der Waals surface area contributed by atoms with Gasteiger partial charge in [-0.2, -0.15) is 5.12 Å². The molecule has 6 nitrogen and oxygen atoms in total. The average Bonchev–Trinajstić information content (AvgIpc) is 2.64. The number of carboxylic acids is 1. The van der Waals surface area contributed by atoms with Crippen LogP contribution in [0.1, 0.15) is 11.6 Å². The van der Waals surface area contributed by atoms with Gasteiger partial charge < -0.3 is 5.11 Å². The molecule has 76 valence electrons. The molecule has 1 aromatic carbocycles. The molecule has 2 heterocycles. The van der Waals surface area contributed by atoms with E-state index in [4.69, 9.17) is 5.11 Å². The summed E-state index contributed by atoms with van der Waals surface area (Å²) in [5.74, 6) is -0.983. The van der Waals surface area contributed by atoms with Crippen molar-refractivity contribution < 1.29 is 9.90 Å². The van der Waals surface area contributed by atoms with Crippen LogP contribution in [0.4, 0.5) is 5.69 Å². The Morgan fingerprint density at radius 1 is 1.60 bits per heavy atom. The molecule has 2 N–H and O–H groups in total. The van der Waals surface area contributed by atoms with Crippen molar-refractivity contribution in [2.24, 2.45) is 10.3 Å². The number of anilines is 1. The summed E-state index contributed by atoms with van der Waals surface area (Å²) in [4.78, 5) is 14.8. The minimum atomic E-state index is -0.983. The molecule has 0 aromatic heterocycles. The maximum absolute atomic E-state index is 11.0. The molecule has 15 heavy (non-hydrogen) atoms. The lowest BCUT2D eigenvalue weighted by Crippen LogP contribution is -2.27. The van der Waals surface area contributed by atoms with Crippen LogP contribution in [0.15, 0.2) is 33.4 Å². The fraction of sp³-hybridized carbons (Fsp3) is 0.125. The van der Waals surface area contributed by atoms with Gasteiger partial charge in [-0.3, -0.25) is 0 Å². The average molecular weight is 222 g/mol. The number of hydrogen-bond acceptors (Lipinski definition) is 6. The van der Waals surface area contributed by atoms with Gasteiger partial charge >= 0.3 is 5.97 Å². The summed E-state index contributed by atoms with van der Waals surface area (Å²) in [6.07, 6.45) is 0. The molecule has 1 unspecified atom stereocenters. The predicted octanol–water partition coefficient (Wildman–Crippen LogP) is 1.52. The Morgan fingerprint density at radius 3 is 3.27 bits per heavy atom. The molecule has 2 aliphatic heterocycles. The van der Waals surface area contributed by atoms with Crippen LogP contribution in [0.3, 0.4) is 0 Å². The number of nitrogens with one attached hydrogen (secondary N) is 1. The van der Waals surface area contributed by atoms with Crippen LogP contribution >= 0.6 is 11.9 Å². The first-order chi connectivity index (χ1) is 7.27. The highest BCUT2D eigenvalue weighted by Crippen LogP contribution is 2.43. The molecule has 2 aliphatic rings. The molecule has 1 atom stereocenters. The van der Waals surface area contributed by atoms with Gasteiger partial charge in [-0.05, 0) is 18.0 Å². The molecule has 0 spiro atoms. The number of carbonyl (C=O) groups is 1. The van der Waals surface area contributed by atoms with Gasteiger partial charge in [0.05, 0.1) is 4.90 Å². The summed E-state index contributed by atoms with van der Waals surface area (Å²) in [5, 5.41) is 18.0. The first-order valence-electron chi connectivity index (χ1n) is 4.26. The minimum Gasteiger partial charge on any atom is -0.479 e. The largest absolute Gasteiger partial charge is 0.479 e. The Kier molecular flexibility index (Phi) is 1.70. The number of rotatable bonds is 1. The van der Waals surface area contributed by atoms with E-state index < -0.39 is 12.0 Å². The van der Waals surface area contributed by atoms with Crippen molar-refractivity contribution in [2.45, 2.75) is 10.9 Å². The number of aliphatic carboxylic acids is 1. The van der Waals surface area contributed by atoms with Crippen LogP contribution in [0.5, 0.6) is 0 Å². The van der Waals surface area contributed by atoms with Crippen molar-refractivity contribution in [2.75, 3.05) is 5.12 Å². The van der Waals surface area contributed by atoms with E-state index >= 15 is 0 Å². The molecule has 0 fully saturated rings. The van der Waals surface area contributed by atoms with E-state index in [2.05, 4.69) is 15.2 Å². The molecular weight excluding hydrogens is 216 g/mol. The summed E-state index contributed by atoms with van der Waals surface area (Å²) < 4.78 is 0. The van der Waals surface area contributed by atoms with Crippen LogP contribution in [-0.4, -0.2) is 11.1 Å². The summed E-state index contributed by atoms with van der Waals surface area (Å²) in [5.41, 5.74) is 1.47. The number of nitrogens with zero attached hydrogens (tertiary/aromatic N) is 3. The zero-order valence-electron chi connectivity index (χ0n) is 7.41. The van der Waals surface area contributed by atoms with Crippen molar-refractivity contribution in [3.63, 3.8) is 0 Å². The Balaban J connectivity index is 2.21. The number of hydrogen-bond donors (Lipinski definition) is 2. The summed E-state index contributed by atoms with van der Waals surface area (Å²) >= 11 is 1.40. The second-order valence-corrected chi connectivity index (χ2v) is 3.97. The highest BCUT2D eigenvalue weighted by Gasteiger charge is 2.34. The monoisotopic (exact) mass is 222 g/mol. The third-order valence-electron chi connectivity index (χ3n) is 2.27. The Labute approximate surface area is 89.1 Å². The zero-order chi connectivity index (χ0) is 10.4. The predicted molar refractivity (Wildman–Crippen MR) is 53.1 cm³/mol. The first kappa shape index (κ1) is 8.69. The smallest absolute Gasteiger partial charge is 0.335 e. The van der Waals surface area contributed by atoms with Gasteiger partial charge in [0.1, 0.15) is 5.69 Å². The van der Waals surface area contributed by atoms with E-state index in [0.29, 0.717) is 5.56 Å². The van der Waals surface area contributed by atoms with E-state index in [1.807, 2.05) is 12.1 Å². The SMILES string of the molecule is O=C(O)C1N=NN2NSc3cccc1c32. The van der Waals surface area contributed by atoms with Crippen LogP contribution in [-0.2, 0) is 4.79 Å². The molecule has 3 rings (SSSR count). The fourth-order valence-electron chi connectivity index (χ4n) is 1.62. The molecule has 1 aromatic rings. The van der Waals surface area contributed by atoms with Crippen LogP contribution in [0.2, 0.25) is 0 Å². The van der Waals surface area contributed by atoms with Crippen LogP contribution < -0.4 is 9.95 Å². The normalized spacial score (nSPS) is 21.6. The zero-order valence-corrected chi connectivity index (χ0v) is 8.23. The van der Waals surface area contributed by atoms with Crippen molar-refractivity contribution in [1.29, 1.82) is 0 Å². The molecule has 0 bridgehead atoms. The number of para-hydroxylation sites is 1. The third-order valence-corrected chi connectivity index (χ3v) is 3.08. The van der Waals surface area contributed by atoms with Gasteiger partial charge in [0.25, 0.3) is 0 Å². The van der Waals surface area contributed by atoms with E-state index in [1.165, 1.54) is 17.1 Å². The molecule has 0 radical (unpaired) electrons. The van der Waals surface area contributed by atoms with Gasteiger partial charge in [-0.15, -0.1) is 9.95 Å². The maximum atomic E-state index is 11.0. The maximum Gasteiger partial charge on any atom is 0.335 e. The van der Waals surface area contributed by atoms with Gasteiger partial charge in [-0.1, -0.05) is 17.4 Å². The molecular formula is C8H6N4O2S. The molecule has 7 heteroatoms. The lowest BCUT2D eigenvalue weighted by atomic mass is 10.1. The minimum absolute atomic E-state index is 0.674. The van der Waals surface area contributed by atoms with Crippen molar-refractivity contribution in [3.05, 3.63) is 23.8 Å². The van der Waals surface area contributed by atoms with Gasteiger partial charge in [0.15, 0.2) is 6.04 Å². The van der Waals surface area contributed by atoms with E-state index in [1.54, 1.807) is 6.07 Å². The number of carboxylic acid groups (broad SMARTS) is 1. The highest BCUT2D eigenvalue weighted by atomic mass is 32.2. The Hall–Kier alpha value is -1.60. The number of benzene rings is 1. The summed E-state index contributed by atoms with van der Waals surface area (Å²) in [7, 11) is 0. The van der Waals surface area contributed by atoms with Crippen molar-refractivity contribution in [1.82, 2.24) is 4.83 Å². The van der Waals surface area contributed by atoms with Crippen molar-refractivity contribution in [3.8, 4) is 0 Å². The molecule has 0 amide bonds. The van der Waals surface area contributed by atoms with E-state index in [-0.39, 0.29) is 0 Å². The molecule has 0 saturated carbocycles. The summed E-state index contributed by atoms with van der Waals surface area (Å²) in [6.45, 7) is 0. The molecule has 0 aliphatic carbocycles. The van der Waals surface area contributed by atoms with Gasteiger partial charge in [-0.25, -0.2) is 4.79 Å². The Bertz CT molecular complexity index is 476. The topological polar surface area (TPSA) is 77.3 Å². The quantitative estimate of drug-likeness (QED) is 0.704. The summed E-state index contributed by atoms with van der Waals surface area (Å²) in [6, 6.07) is 4.60. The van der Waals surface area contributed by atoms with E-state index in [0.717, 1.165) is 10.6 Å². The lowest BCUT2D eigenvalue weighted by molar-refractivity contribution is -0.138. The first-order valence-corrected chi connectivity index (χ1v) is 5.08. The third kappa shape index (κ3) is 1.13. The molecule has 0 saturated heterocycles. The Morgan fingerprint density at radius 2 is 2.47 bits per heavy atom. The van der Waals surface area contributed by atoms with Crippen molar-refractivity contribution >= 4 is 23.6 Å². The van der Waals surface area contributed by atoms with E-state index in [9.17, 15) is 4.79 Å². The van der Waals surface area contributed by atoms with Crippen LogP contribution in [0, 0.1) is 0 Å². The fourth-order valence-corrected chi connectivity index (χ4v) is 2.38. The standard InChI is InChI=1S/C8H6N4O2S/c13-8(14)6-4-2-1-3-5-7(4)12(10-9-6)11-15-5/h1-3,6,11H,(H,13,14). The van der Waals surface area contributed by atoms with Gasteiger partial charge in [0, 0.05) is 5.56 Å². The van der Waals surface area contributed by atoms with Gasteiger partial charge in [0.2, 0.25) is 0 Å². The van der Waals surface area contributed by atoms with Crippen LogP contribution in [0.25, 0.3) is 0 Å².